The Kier molecular flexibility index (Phi) is 6.88. The van der Waals surface area contributed by atoms with E-state index in [9.17, 15) is 13.2 Å². The molecule has 0 fully saturated rings. The van der Waals surface area contributed by atoms with E-state index in [0.29, 0.717) is 12.3 Å². The molecular weight excluding hydrogens is 354 g/mol. The first-order valence-corrected chi connectivity index (χ1v) is 9.52. The fourth-order valence-corrected chi connectivity index (χ4v) is 3.06. The predicted molar refractivity (Wildman–Crippen MR) is 99.6 cm³/mol. The highest BCUT2D eigenvalue weighted by Crippen LogP contribution is 2.12. The van der Waals surface area contributed by atoms with E-state index in [1.54, 1.807) is 25.1 Å². The highest BCUT2D eigenvalue weighted by atomic mass is 32.2. The van der Waals surface area contributed by atoms with Gasteiger partial charge in [-0.15, -0.1) is 0 Å². The van der Waals surface area contributed by atoms with Crippen molar-refractivity contribution < 1.29 is 17.9 Å². The molecule has 0 saturated heterocycles. The van der Waals surface area contributed by atoms with Gasteiger partial charge in [0.2, 0.25) is 10.0 Å². The number of nitrogens with one attached hydrogen (secondary N) is 2. The van der Waals surface area contributed by atoms with Crippen LogP contribution in [0.4, 0.5) is 0 Å². The Balaban J connectivity index is 1.90. The Bertz CT molecular complexity index is 863. The summed E-state index contributed by atoms with van der Waals surface area (Å²) >= 11 is 0. The summed E-state index contributed by atoms with van der Waals surface area (Å²) in [6.45, 7) is 3.82. The molecule has 7 nitrogen and oxygen atoms in total. The van der Waals surface area contributed by atoms with Crippen molar-refractivity contribution in [3.05, 3.63) is 60.2 Å². The standard InChI is InChI=1S/C18H21N3O4S/c1-3-25-16-11-9-15(10-12-16)14(2)20-21-18(22)13-19-26(23,24)17-7-5-4-6-8-17/h4-12,19H,3,13H2,1-2H3,(H,21,22)/b20-14-. The minimum absolute atomic E-state index is 0.0990. The molecule has 0 spiro atoms. The topological polar surface area (TPSA) is 96.9 Å². The fourth-order valence-electron chi connectivity index (χ4n) is 2.05. The van der Waals surface area contributed by atoms with Gasteiger partial charge in [-0.3, -0.25) is 4.79 Å². The lowest BCUT2D eigenvalue weighted by atomic mass is 10.1. The smallest absolute Gasteiger partial charge is 0.255 e. The molecule has 0 aromatic heterocycles. The van der Waals surface area contributed by atoms with Crippen LogP contribution in [-0.2, 0) is 14.8 Å². The zero-order chi connectivity index (χ0) is 19.0. The number of amides is 1. The van der Waals surface area contributed by atoms with Gasteiger partial charge >= 0.3 is 0 Å². The Morgan fingerprint density at radius 3 is 2.35 bits per heavy atom. The van der Waals surface area contributed by atoms with Crippen molar-refractivity contribution in [3.8, 4) is 5.75 Å². The third-order valence-electron chi connectivity index (χ3n) is 3.41. The van der Waals surface area contributed by atoms with Crippen LogP contribution in [0.1, 0.15) is 19.4 Å². The molecule has 8 heteroatoms. The normalized spacial score (nSPS) is 11.8. The van der Waals surface area contributed by atoms with E-state index in [1.807, 2.05) is 31.2 Å². The van der Waals surface area contributed by atoms with Gasteiger partial charge in [0.1, 0.15) is 5.75 Å². The van der Waals surface area contributed by atoms with E-state index < -0.39 is 22.5 Å². The molecule has 0 heterocycles. The Morgan fingerprint density at radius 2 is 1.73 bits per heavy atom. The number of hydrogen-bond acceptors (Lipinski definition) is 5. The number of carbonyl (C=O) groups is 1. The van der Waals surface area contributed by atoms with E-state index in [0.717, 1.165) is 11.3 Å². The number of sulfonamides is 1. The monoisotopic (exact) mass is 375 g/mol. The molecule has 0 aliphatic rings. The predicted octanol–water partition coefficient (Wildman–Crippen LogP) is 1.90. The van der Waals surface area contributed by atoms with Crippen molar-refractivity contribution in [1.29, 1.82) is 0 Å². The highest BCUT2D eigenvalue weighted by Gasteiger charge is 2.14. The molecule has 1 amide bonds. The van der Waals surface area contributed by atoms with Crippen molar-refractivity contribution >= 4 is 21.6 Å². The molecule has 0 aliphatic heterocycles. The van der Waals surface area contributed by atoms with Gasteiger partial charge in [0.15, 0.2) is 0 Å². The van der Waals surface area contributed by atoms with Gasteiger partial charge in [-0.2, -0.15) is 5.10 Å². The van der Waals surface area contributed by atoms with Crippen LogP contribution in [0.2, 0.25) is 0 Å². The maximum absolute atomic E-state index is 12.0. The van der Waals surface area contributed by atoms with Crippen molar-refractivity contribution in [2.45, 2.75) is 18.7 Å². The molecule has 0 radical (unpaired) electrons. The zero-order valence-corrected chi connectivity index (χ0v) is 15.4. The molecule has 0 unspecified atom stereocenters. The minimum atomic E-state index is -3.73. The molecule has 26 heavy (non-hydrogen) atoms. The van der Waals surface area contributed by atoms with Crippen molar-refractivity contribution in [2.24, 2.45) is 5.10 Å². The summed E-state index contributed by atoms with van der Waals surface area (Å²) in [6.07, 6.45) is 0. The van der Waals surface area contributed by atoms with E-state index >= 15 is 0 Å². The quantitative estimate of drug-likeness (QED) is 0.544. The Morgan fingerprint density at radius 1 is 1.08 bits per heavy atom. The van der Waals surface area contributed by atoms with Crippen LogP contribution < -0.4 is 14.9 Å². The van der Waals surface area contributed by atoms with Gasteiger partial charge in [0, 0.05) is 0 Å². The van der Waals surface area contributed by atoms with Gasteiger partial charge < -0.3 is 4.74 Å². The first kappa shape index (κ1) is 19.6. The summed E-state index contributed by atoms with van der Waals surface area (Å²) < 4.78 is 31.7. The van der Waals surface area contributed by atoms with Gasteiger partial charge in [-0.25, -0.2) is 18.6 Å². The maximum atomic E-state index is 12.0. The molecule has 0 bridgehead atoms. The molecule has 2 N–H and O–H groups in total. The summed E-state index contributed by atoms with van der Waals surface area (Å²) in [5.41, 5.74) is 3.74. The van der Waals surface area contributed by atoms with Crippen LogP contribution in [0.5, 0.6) is 5.75 Å². The molecule has 2 rings (SSSR count). The third kappa shape index (κ3) is 5.68. The number of benzene rings is 2. The summed E-state index contributed by atoms with van der Waals surface area (Å²) in [7, 11) is -3.73. The maximum Gasteiger partial charge on any atom is 0.255 e. The largest absolute Gasteiger partial charge is 0.494 e. The number of rotatable bonds is 8. The lowest BCUT2D eigenvalue weighted by Crippen LogP contribution is -2.35. The Hall–Kier alpha value is -2.71. The number of nitrogens with zero attached hydrogens (tertiary/aromatic N) is 1. The van der Waals surface area contributed by atoms with Crippen LogP contribution in [-0.4, -0.2) is 33.2 Å². The first-order chi connectivity index (χ1) is 12.4. The van der Waals surface area contributed by atoms with Crippen molar-refractivity contribution in [1.82, 2.24) is 10.1 Å². The lowest BCUT2D eigenvalue weighted by molar-refractivity contribution is -0.119. The average molecular weight is 375 g/mol. The second-order valence-electron chi connectivity index (χ2n) is 5.33. The van der Waals surface area contributed by atoms with Crippen LogP contribution in [0, 0.1) is 0 Å². The van der Waals surface area contributed by atoms with E-state index in [4.69, 9.17) is 4.74 Å². The lowest BCUT2D eigenvalue weighted by Gasteiger charge is -2.07. The van der Waals surface area contributed by atoms with E-state index in [-0.39, 0.29) is 4.90 Å². The second kappa shape index (κ2) is 9.12. The van der Waals surface area contributed by atoms with E-state index in [2.05, 4.69) is 15.2 Å². The third-order valence-corrected chi connectivity index (χ3v) is 4.82. The molecular formula is C18H21N3O4S. The molecule has 0 atom stereocenters. The van der Waals surface area contributed by atoms with Gasteiger partial charge in [-0.1, -0.05) is 18.2 Å². The molecule has 2 aromatic carbocycles. The van der Waals surface area contributed by atoms with Gasteiger partial charge in [-0.05, 0) is 55.8 Å². The summed E-state index contributed by atoms with van der Waals surface area (Å²) in [5.74, 6) is 0.193. The van der Waals surface area contributed by atoms with Crippen molar-refractivity contribution in [3.63, 3.8) is 0 Å². The van der Waals surface area contributed by atoms with Crippen LogP contribution in [0.25, 0.3) is 0 Å². The van der Waals surface area contributed by atoms with Crippen molar-refractivity contribution in [2.75, 3.05) is 13.2 Å². The zero-order valence-electron chi connectivity index (χ0n) is 14.6. The van der Waals surface area contributed by atoms with Crippen LogP contribution >= 0.6 is 0 Å². The average Bonchev–Trinajstić information content (AvgIpc) is 2.66. The number of hydrogen-bond donors (Lipinski definition) is 2. The van der Waals surface area contributed by atoms with E-state index in [1.165, 1.54) is 12.1 Å². The molecule has 138 valence electrons. The fraction of sp³-hybridized carbons (Fsp3) is 0.222. The SMILES string of the molecule is CCOc1ccc(/C(C)=N\NC(=O)CNS(=O)(=O)c2ccccc2)cc1. The molecule has 2 aromatic rings. The number of carbonyl (C=O) groups excluding carboxylic acids is 1. The summed E-state index contributed by atoms with van der Waals surface area (Å²) in [4.78, 5) is 11.9. The summed E-state index contributed by atoms with van der Waals surface area (Å²) in [6, 6.07) is 15.1. The Labute approximate surface area is 153 Å². The highest BCUT2D eigenvalue weighted by molar-refractivity contribution is 7.89. The van der Waals surface area contributed by atoms with Gasteiger partial charge in [0.25, 0.3) is 5.91 Å². The second-order valence-corrected chi connectivity index (χ2v) is 7.09. The minimum Gasteiger partial charge on any atom is -0.494 e. The van der Waals surface area contributed by atoms with Crippen LogP contribution in [0.15, 0.2) is 64.6 Å². The molecule has 0 aliphatic carbocycles. The first-order valence-electron chi connectivity index (χ1n) is 8.03. The molecule has 0 saturated carbocycles. The number of hydrazone groups is 1. The van der Waals surface area contributed by atoms with Gasteiger partial charge in [0.05, 0.1) is 23.8 Å². The van der Waals surface area contributed by atoms with Crippen LogP contribution in [0.3, 0.4) is 0 Å². The summed E-state index contributed by atoms with van der Waals surface area (Å²) in [5, 5.41) is 3.98. The number of ether oxygens (including phenoxy) is 1.